The predicted molar refractivity (Wildman–Crippen MR) is 58.4 cm³/mol. The Hall–Kier alpha value is -2.37. The number of aldehydes is 1. The molecule has 2 N–H and O–H groups in total. The van der Waals surface area contributed by atoms with Crippen molar-refractivity contribution in [2.45, 2.75) is 5.51 Å². The van der Waals surface area contributed by atoms with E-state index in [9.17, 15) is 26.4 Å². The molecule has 8 nitrogen and oxygen atoms in total. The van der Waals surface area contributed by atoms with Crippen LogP contribution in [0.3, 0.4) is 0 Å². The Balaban J connectivity index is 2.50. The Morgan fingerprint density at radius 3 is 2.60 bits per heavy atom. The lowest BCUT2D eigenvalue weighted by Gasteiger charge is -2.08. The van der Waals surface area contributed by atoms with Crippen molar-refractivity contribution >= 4 is 27.9 Å². The van der Waals surface area contributed by atoms with Crippen molar-refractivity contribution in [3.63, 3.8) is 0 Å². The van der Waals surface area contributed by atoms with Crippen LogP contribution in [0.2, 0.25) is 0 Å². The number of nitrogens with zero attached hydrogens (tertiary/aromatic N) is 3. The molecule has 0 amide bonds. The molecule has 0 fully saturated rings. The first-order valence-electron chi connectivity index (χ1n) is 4.76. The van der Waals surface area contributed by atoms with Gasteiger partial charge in [0.2, 0.25) is 5.88 Å². The van der Waals surface area contributed by atoms with Crippen molar-refractivity contribution in [3.05, 3.63) is 17.8 Å². The quantitative estimate of drug-likeness (QED) is 0.494. The largest absolute Gasteiger partial charge is 0.534 e. The lowest BCUT2D eigenvalue weighted by atomic mass is 10.3. The smallest absolute Gasteiger partial charge is 0.382 e. The van der Waals surface area contributed by atoms with Crippen molar-refractivity contribution in [2.75, 3.05) is 5.73 Å². The molecule has 20 heavy (non-hydrogen) atoms. The Bertz CT molecular complexity index is 783. The van der Waals surface area contributed by atoms with Crippen molar-refractivity contribution in [1.82, 2.24) is 14.6 Å². The number of hydrogen-bond acceptors (Lipinski definition) is 7. The highest BCUT2D eigenvalue weighted by Crippen LogP contribution is 2.26. The van der Waals surface area contributed by atoms with E-state index in [0.29, 0.717) is 0 Å². The van der Waals surface area contributed by atoms with Crippen molar-refractivity contribution in [1.29, 1.82) is 0 Å². The van der Waals surface area contributed by atoms with E-state index in [1.807, 2.05) is 0 Å². The minimum atomic E-state index is -5.84. The lowest BCUT2D eigenvalue weighted by Crippen LogP contribution is -2.28. The molecule has 0 aliphatic rings. The molecule has 2 heterocycles. The van der Waals surface area contributed by atoms with Crippen LogP contribution in [0.15, 0.2) is 12.3 Å². The van der Waals surface area contributed by atoms with Gasteiger partial charge in [0.05, 0.1) is 0 Å². The van der Waals surface area contributed by atoms with Gasteiger partial charge in [0.1, 0.15) is 5.56 Å². The maximum atomic E-state index is 12.1. The molecule has 0 radical (unpaired) electrons. The van der Waals surface area contributed by atoms with Crippen LogP contribution >= 0.6 is 0 Å². The number of aromatic nitrogens is 3. The normalized spacial score (nSPS) is 12.6. The Labute approximate surface area is 109 Å². The maximum Gasteiger partial charge on any atom is 0.534 e. The van der Waals surface area contributed by atoms with E-state index >= 15 is 0 Å². The second kappa shape index (κ2) is 4.33. The number of anilines is 1. The highest BCUT2D eigenvalue weighted by atomic mass is 32.2. The van der Waals surface area contributed by atoms with E-state index < -0.39 is 21.5 Å². The van der Waals surface area contributed by atoms with Crippen LogP contribution in [-0.4, -0.2) is 34.8 Å². The molecular weight excluding hydrogens is 305 g/mol. The topological polar surface area (TPSA) is 117 Å². The lowest BCUT2D eigenvalue weighted by molar-refractivity contribution is -0.0501. The van der Waals surface area contributed by atoms with Crippen LogP contribution in [0.25, 0.3) is 5.65 Å². The number of halogens is 3. The molecule has 0 aromatic carbocycles. The molecule has 0 saturated carbocycles. The Morgan fingerprint density at radius 1 is 1.40 bits per heavy atom. The minimum Gasteiger partial charge on any atom is -0.382 e. The van der Waals surface area contributed by atoms with E-state index in [-0.39, 0.29) is 23.3 Å². The van der Waals surface area contributed by atoms with Gasteiger partial charge in [-0.05, 0) is 0 Å². The number of alkyl halides is 3. The van der Waals surface area contributed by atoms with Gasteiger partial charge in [-0.1, -0.05) is 0 Å². The van der Waals surface area contributed by atoms with Gasteiger partial charge in [-0.3, -0.25) is 4.79 Å². The summed E-state index contributed by atoms with van der Waals surface area (Å²) >= 11 is 0. The second-order valence-electron chi connectivity index (χ2n) is 3.43. The Kier molecular flexibility index (Phi) is 3.04. The predicted octanol–water partition coefficient (Wildman–Crippen LogP) is 0.352. The van der Waals surface area contributed by atoms with Gasteiger partial charge >= 0.3 is 15.6 Å². The molecule has 2 rings (SSSR count). The summed E-state index contributed by atoms with van der Waals surface area (Å²) in [5.41, 5.74) is -0.645. The summed E-state index contributed by atoms with van der Waals surface area (Å²) in [5, 5.41) is 3.64. The molecule has 0 aliphatic carbocycles. The third-order valence-electron chi connectivity index (χ3n) is 2.12. The molecule has 2 aromatic rings. The van der Waals surface area contributed by atoms with Gasteiger partial charge in [-0.15, -0.1) is 5.10 Å². The molecular formula is C8H5F3N4O4S. The molecule has 0 atom stereocenters. The first-order chi connectivity index (χ1) is 9.15. The van der Waals surface area contributed by atoms with E-state index in [1.54, 1.807) is 0 Å². The number of carbonyl (C=O) groups excluding carboxylic acids is 1. The van der Waals surface area contributed by atoms with Gasteiger partial charge in [0, 0.05) is 12.3 Å². The zero-order valence-corrected chi connectivity index (χ0v) is 10.1. The summed E-state index contributed by atoms with van der Waals surface area (Å²) < 4.78 is 62.9. The monoisotopic (exact) mass is 310 g/mol. The highest BCUT2D eigenvalue weighted by Gasteiger charge is 2.48. The Morgan fingerprint density at radius 2 is 2.05 bits per heavy atom. The molecule has 2 aromatic heterocycles. The van der Waals surface area contributed by atoms with Gasteiger partial charge < -0.3 is 9.92 Å². The van der Waals surface area contributed by atoms with Gasteiger partial charge in [-0.25, -0.2) is 4.52 Å². The van der Waals surface area contributed by atoms with E-state index in [0.717, 1.165) is 16.8 Å². The third-order valence-corrected chi connectivity index (χ3v) is 3.08. The van der Waals surface area contributed by atoms with Crippen LogP contribution in [-0.2, 0) is 10.1 Å². The molecule has 12 heteroatoms. The molecule has 0 saturated heterocycles. The first kappa shape index (κ1) is 14.0. The van der Waals surface area contributed by atoms with Crippen LogP contribution in [0.5, 0.6) is 5.88 Å². The summed E-state index contributed by atoms with van der Waals surface area (Å²) in [7, 11) is -5.84. The minimum absolute atomic E-state index is 0.195. The average Bonchev–Trinajstić information content (AvgIpc) is 2.62. The fraction of sp³-hybridized carbons (Fsp3) is 0.125. The summed E-state index contributed by atoms with van der Waals surface area (Å²) in [6.07, 6.45) is 1.33. The van der Waals surface area contributed by atoms with Crippen LogP contribution in [0.4, 0.5) is 19.0 Å². The standard InChI is InChI=1S/C8H5F3N4O4S/c9-8(10,11)20(17,18)19-5-1-2-15-7(13-5)4(3-16)6(12)14-15/h1-3H,(H2,12,14). The van der Waals surface area contributed by atoms with Crippen LogP contribution in [0.1, 0.15) is 10.4 Å². The summed E-state index contributed by atoms with van der Waals surface area (Å²) in [5.74, 6) is -1.07. The van der Waals surface area contributed by atoms with Gasteiger partial charge in [0.25, 0.3) is 0 Å². The molecule has 0 aliphatic heterocycles. The number of fused-ring (bicyclic) bond motifs is 1. The third kappa shape index (κ3) is 2.24. The zero-order chi connectivity index (χ0) is 15.1. The number of rotatable bonds is 3. The summed E-state index contributed by atoms with van der Waals surface area (Å²) in [6.45, 7) is 0. The van der Waals surface area contributed by atoms with Crippen molar-refractivity contribution in [2.24, 2.45) is 0 Å². The zero-order valence-electron chi connectivity index (χ0n) is 9.33. The molecule has 0 bridgehead atoms. The van der Waals surface area contributed by atoms with Crippen molar-refractivity contribution in [3.8, 4) is 5.88 Å². The van der Waals surface area contributed by atoms with E-state index in [4.69, 9.17) is 5.73 Å². The van der Waals surface area contributed by atoms with E-state index in [2.05, 4.69) is 14.3 Å². The first-order valence-corrected chi connectivity index (χ1v) is 6.17. The summed E-state index contributed by atoms with van der Waals surface area (Å²) in [4.78, 5) is 14.2. The van der Waals surface area contributed by atoms with Crippen LogP contribution < -0.4 is 9.92 Å². The van der Waals surface area contributed by atoms with E-state index in [1.165, 1.54) is 0 Å². The van der Waals surface area contributed by atoms with Crippen LogP contribution in [0, 0.1) is 0 Å². The highest BCUT2D eigenvalue weighted by molar-refractivity contribution is 7.87. The van der Waals surface area contributed by atoms with Gasteiger partial charge in [-0.2, -0.15) is 26.6 Å². The number of carbonyl (C=O) groups is 1. The van der Waals surface area contributed by atoms with Gasteiger partial charge in [0.15, 0.2) is 17.8 Å². The molecule has 0 unspecified atom stereocenters. The fourth-order valence-electron chi connectivity index (χ4n) is 1.27. The molecule has 108 valence electrons. The average molecular weight is 310 g/mol. The SMILES string of the molecule is Nc1nn2ccc(OS(=O)(=O)C(F)(F)F)nc2c1C=O. The fourth-order valence-corrected chi connectivity index (χ4v) is 1.68. The number of nitrogens with two attached hydrogens (primary N) is 1. The molecule has 0 spiro atoms. The number of nitrogen functional groups attached to an aromatic ring is 1. The second-order valence-corrected chi connectivity index (χ2v) is 4.97. The maximum absolute atomic E-state index is 12.1. The number of hydrogen-bond donors (Lipinski definition) is 1. The van der Waals surface area contributed by atoms with Crippen molar-refractivity contribution < 1.29 is 30.6 Å². The summed E-state index contributed by atoms with van der Waals surface area (Å²) in [6, 6.07) is 0.831.